The molecule has 2 aromatic rings. The van der Waals surface area contributed by atoms with E-state index in [0.29, 0.717) is 19.1 Å². The van der Waals surface area contributed by atoms with Crippen molar-refractivity contribution in [1.82, 2.24) is 4.90 Å². The fourth-order valence-electron chi connectivity index (χ4n) is 3.22. The number of amides is 1. The summed E-state index contributed by atoms with van der Waals surface area (Å²) in [7, 11) is 0. The van der Waals surface area contributed by atoms with Crippen molar-refractivity contribution in [2.24, 2.45) is 0 Å². The molecule has 0 radical (unpaired) electrons. The second kappa shape index (κ2) is 8.34. The maximum absolute atomic E-state index is 12.5. The summed E-state index contributed by atoms with van der Waals surface area (Å²) in [6, 6.07) is 18.4. The monoisotopic (exact) mass is 387 g/mol. The fraction of sp³-hybridized carbons (Fsp3) is 0.350. The Labute approximate surface area is 151 Å². The molecule has 4 heteroatoms. The molecule has 0 N–H and O–H groups in total. The van der Waals surface area contributed by atoms with Gasteiger partial charge in [0.1, 0.15) is 5.75 Å². The lowest BCUT2D eigenvalue weighted by molar-refractivity contribution is -0.132. The van der Waals surface area contributed by atoms with Crippen LogP contribution in [0.3, 0.4) is 0 Å². The minimum Gasteiger partial charge on any atom is -0.493 e. The average molecular weight is 388 g/mol. The third-order valence-corrected chi connectivity index (χ3v) is 4.89. The van der Waals surface area contributed by atoms with Crippen LogP contribution in [0, 0.1) is 0 Å². The Bertz CT molecular complexity index is 674. The van der Waals surface area contributed by atoms with Crippen molar-refractivity contribution in [1.29, 1.82) is 0 Å². The van der Waals surface area contributed by atoms with E-state index in [1.165, 1.54) is 5.56 Å². The first-order valence-electron chi connectivity index (χ1n) is 8.44. The highest BCUT2D eigenvalue weighted by atomic mass is 79.9. The van der Waals surface area contributed by atoms with E-state index in [1.807, 2.05) is 35.2 Å². The Morgan fingerprint density at radius 2 is 2.00 bits per heavy atom. The zero-order valence-electron chi connectivity index (χ0n) is 13.7. The lowest BCUT2D eigenvalue weighted by atomic mass is 10.0. The molecule has 0 aromatic heterocycles. The first-order valence-corrected chi connectivity index (χ1v) is 9.23. The summed E-state index contributed by atoms with van der Waals surface area (Å²) in [4.78, 5) is 14.6. The molecule has 126 valence electrons. The Morgan fingerprint density at radius 1 is 1.17 bits per heavy atom. The summed E-state index contributed by atoms with van der Waals surface area (Å²) >= 11 is 3.42. The van der Waals surface area contributed by atoms with Crippen molar-refractivity contribution in [3.05, 3.63) is 64.6 Å². The topological polar surface area (TPSA) is 29.5 Å². The first kappa shape index (κ1) is 17.0. The van der Waals surface area contributed by atoms with Crippen LogP contribution in [0.5, 0.6) is 5.75 Å². The maximum Gasteiger partial charge on any atom is 0.226 e. The van der Waals surface area contributed by atoms with Crippen LogP contribution in [0.25, 0.3) is 0 Å². The molecule has 1 atom stereocenters. The van der Waals surface area contributed by atoms with Crippen molar-refractivity contribution in [2.45, 2.75) is 31.7 Å². The van der Waals surface area contributed by atoms with E-state index in [0.717, 1.165) is 36.0 Å². The molecule has 0 saturated carbocycles. The van der Waals surface area contributed by atoms with E-state index >= 15 is 0 Å². The van der Waals surface area contributed by atoms with Gasteiger partial charge in [0.15, 0.2) is 0 Å². The van der Waals surface area contributed by atoms with Gasteiger partial charge in [0, 0.05) is 17.1 Å². The molecule has 3 rings (SSSR count). The molecule has 0 spiro atoms. The van der Waals surface area contributed by atoms with Gasteiger partial charge in [-0.15, -0.1) is 0 Å². The summed E-state index contributed by atoms with van der Waals surface area (Å²) in [6.45, 7) is 1.29. The zero-order valence-corrected chi connectivity index (χ0v) is 15.2. The molecule has 0 aliphatic carbocycles. The Hall–Kier alpha value is -1.81. The highest BCUT2D eigenvalue weighted by Crippen LogP contribution is 2.22. The van der Waals surface area contributed by atoms with Crippen LogP contribution in [0.2, 0.25) is 0 Å². The molecule has 1 aliphatic heterocycles. The van der Waals surface area contributed by atoms with E-state index in [-0.39, 0.29) is 5.91 Å². The first-order chi connectivity index (χ1) is 11.7. The predicted octanol–water partition coefficient (Wildman–Crippen LogP) is 4.45. The van der Waals surface area contributed by atoms with Crippen LogP contribution >= 0.6 is 15.9 Å². The Morgan fingerprint density at radius 3 is 2.79 bits per heavy atom. The fourth-order valence-corrected chi connectivity index (χ4v) is 3.60. The van der Waals surface area contributed by atoms with Gasteiger partial charge in [-0.25, -0.2) is 0 Å². The second-order valence-corrected chi connectivity index (χ2v) is 7.04. The summed E-state index contributed by atoms with van der Waals surface area (Å²) in [5, 5.41) is 0. The smallest absolute Gasteiger partial charge is 0.226 e. The van der Waals surface area contributed by atoms with Crippen LogP contribution in [0.1, 0.15) is 24.8 Å². The lowest BCUT2D eigenvalue weighted by Gasteiger charge is -2.25. The van der Waals surface area contributed by atoms with Crippen LogP contribution in [-0.4, -0.2) is 30.0 Å². The van der Waals surface area contributed by atoms with E-state index < -0.39 is 0 Å². The molecule has 1 fully saturated rings. The van der Waals surface area contributed by atoms with E-state index in [1.54, 1.807) is 0 Å². The average Bonchev–Trinajstić information content (AvgIpc) is 3.04. The Kier molecular flexibility index (Phi) is 5.91. The summed E-state index contributed by atoms with van der Waals surface area (Å²) in [5.74, 6) is 0.989. The van der Waals surface area contributed by atoms with Gasteiger partial charge >= 0.3 is 0 Å². The van der Waals surface area contributed by atoms with Crippen LogP contribution in [0.15, 0.2) is 59.1 Å². The van der Waals surface area contributed by atoms with Gasteiger partial charge in [0.2, 0.25) is 5.91 Å². The molecule has 1 heterocycles. The number of rotatable bonds is 6. The number of nitrogens with zero attached hydrogens (tertiary/aromatic N) is 1. The minimum atomic E-state index is 0.198. The van der Waals surface area contributed by atoms with Crippen molar-refractivity contribution < 1.29 is 9.53 Å². The number of carbonyl (C=O) groups excluding carboxylic acids is 1. The highest BCUT2D eigenvalue weighted by molar-refractivity contribution is 9.10. The van der Waals surface area contributed by atoms with Crippen LogP contribution in [-0.2, 0) is 11.2 Å². The number of hydrogen-bond acceptors (Lipinski definition) is 2. The summed E-state index contributed by atoms with van der Waals surface area (Å²) in [6.07, 6.45) is 3.56. The number of ether oxygens (including phenoxy) is 1. The molecular formula is C20H22BrNO2. The number of carbonyl (C=O) groups is 1. The van der Waals surface area contributed by atoms with Gasteiger partial charge in [-0.1, -0.05) is 52.3 Å². The molecule has 1 amide bonds. The minimum absolute atomic E-state index is 0.198. The summed E-state index contributed by atoms with van der Waals surface area (Å²) in [5.41, 5.74) is 1.30. The number of hydrogen-bond donors (Lipinski definition) is 0. The van der Waals surface area contributed by atoms with Gasteiger partial charge in [0.05, 0.1) is 13.0 Å². The number of likely N-dealkylation sites (tertiary alicyclic amines) is 1. The molecular weight excluding hydrogens is 366 g/mol. The molecule has 0 bridgehead atoms. The van der Waals surface area contributed by atoms with Gasteiger partial charge < -0.3 is 9.64 Å². The quantitative estimate of drug-likeness (QED) is 0.732. The predicted molar refractivity (Wildman–Crippen MR) is 99.1 cm³/mol. The molecule has 3 nitrogen and oxygen atoms in total. The SMILES string of the molecule is O=C(CCOc1cccc(Br)c1)N1CCCC1Cc1ccccc1. The standard InChI is InChI=1S/C20H22BrNO2/c21-17-8-4-10-19(15-17)24-13-11-20(23)22-12-5-9-18(22)14-16-6-2-1-3-7-16/h1-4,6-8,10,15,18H,5,9,11-14H2. The molecule has 2 aromatic carbocycles. The van der Waals surface area contributed by atoms with E-state index in [9.17, 15) is 4.79 Å². The summed E-state index contributed by atoms with van der Waals surface area (Å²) < 4.78 is 6.67. The Balaban J connectivity index is 1.50. The number of benzene rings is 2. The third kappa shape index (κ3) is 4.60. The maximum atomic E-state index is 12.5. The van der Waals surface area contributed by atoms with Gasteiger partial charge in [0.25, 0.3) is 0 Å². The van der Waals surface area contributed by atoms with E-state index in [4.69, 9.17) is 4.74 Å². The zero-order chi connectivity index (χ0) is 16.8. The number of halogens is 1. The van der Waals surface area contributed by atoms with Crippen LogP contribution < -0.4 is 4.74 Å². The van der Waals surface area contributed by atoms with Crippen molar-refractivity contribution in [3.63, 3.8) is 0 Å². The third-order valence-electron chi connectivity index (χ3n) is 4.39. The molecule has 1 unspecified atom stereocenters. The lowest BCUT2D eigenvalue weighted by Crippen LogP contribution is -2.37. The highest BCUT2D eigenvalue weighted by Gasteiger charge is 2.28. The van der Waals surface area contributed by atoms with Gasteiger partial charge in [-0.05, 0) is 43.0 Å². The second-order valence-electron chi connectivity index (χ2n) is 6.13. The van der Waals surface area contributed by atoms with Crippen molar-refractivity contribution in [3.8, 4) is 5.75 Å². The van der Waals surface area contributed by atoms with E-state index in [2.05, 4.69) is 40.2 Å². The van der Waals surface area contributed by atoms with Crippen LogP contribution in [0.4, 0.5) is 0 Å². The van der Waals surface area contributed by atoms with Crippen molar-refractivity contribution in [2.75, 3.05) is 13.2 Å². The largest absolute Gasteiger partial charge is 0.493 e. The molecule has 1 saturated heterocycles. The van der Waals surface area contributed by atoms with Gasteiger partial charge in [-0.2, -0.15) is 0 Å². The molecule has 24 heavy (non-hydrogen) atoms. The normalized spacial score (nSPS) is 17.0. The molecule has 1 aliphatic rings. The van der Waals surface area contributed by atoms with Gasteiger partial charge in [-0.3, -0.25) is 4.79 Å². The van der Waals surface area contributed by atoms with Crippen molar-refractivity contribution >= 4 is 21.8 Å².